The number of rotatable bonds is 14. The van der Waals surface area contributed by atoms with Gasteiger partial charge in [-0.3, -0.25) is 9.78 Å². The molecule has 34 heavy (non-hydrogen) atoms. The van der Waals surface area contributed by atoms with Crippen LogP contribution in [-0.4, -0.2) is 11.9 Å². The summed E-state index contributed by atoms with van der Waals surface area (Å²) in [4.78, 5) is 45.5. The van der Waals surface area contributed by atoms with E-state index in [2.05, 4.69) is 6.92 Å². The molecule has 0 saturated carbocycles. The van der Waals surface area contributed by atoms with Crippen LogP contribution >= 0.6 is 0 Å². The maximum atomic E-state index is 12.5. The first-order valence-electron chi connectivity index (χ1n) is 11.9. The predicted molar refractivity (Wildman–Crippen MR) is 130 cm³/mol. The van der Waals surface area contributed by atoms with Crippen molar-refractivity contribution in [3.8, 4) is 0 Å². The highest BCUT2D eigenvalue weighted by Gasteiger charge is 2.23. The van der Waals surface area contributed by atoms with E-state index in [0.29, 0.717) is 17.5 Å². The van der Waals surface area contributed by atoms with Gasteiger partial charge in [0.25, 0.3) is 0 Å². The molecule has 0 spiro atoms. The highest BCUT2D eigenvalue weighted by atomic mass is 17.3. The van der Waals surface area contributed by atoms with E-state index in [1.54, 1.807) is 24.3 Å². The fourth-order valence-electron chi connectivity index (χ4n) is 3.45. The van der Waals surface area contributed by atoms with Crippen LogP contribution in [0.1, 0.15) is 94.3 Å². The molecule has 2 radical (unpaired) electrons. The largest absolute Gasteiger partial charge is 0.373 e. The van der Waals surface area contributed by atoms with Crippen molar-refractivity contribution in [1.82, 2.24) is 0 Å². The molecule has 2 rings (SSSR count). The van der Waals surface area contributed by atoms with Gasteiger partial charge in [-0.15, -0.1) is 9.78 Å². The average Bonchev–Trinajstić information content (AvgIpc) is 2.82. The minimum absolute atomic E-state index is 0.0740. The van der Waals surface area contributed by atoms with E-state index in [1.807, 2.05) is 39.8 Å². The number of hydrogen-bond acceptors (Lipinski definition) is 6. The summed E-state index contributed by atoms with van der Waals surface area (Å²) < 4.78 is 0. The fourth-order valence-corrected chi connectivity index (χ4v) is 3.45. The Morgan fingerprint density at radius 1 is 0.647 bits per heavy atom. The summed E-state index contributed by atoms with van der Waals surface area (Å²) in [5.74, 6) is -1.28. The molecule has 6 nitrogen and oxygen atoms in total. The van der Waals surface area contributed by atoms with Crippen molar-refractivity contribution in [2.24, 2.45) is 0 Å². The molecule has 0 N–H and O–H groups in total. The molecule has 0 heterocycles. The average molecular weight is 469 g/mol. The van der Waals surface area contributed by atoms with Gasteiger partial charge < -0.3 is 0 Å². The van der Waals surface area contributed by atoms with E-state index in [9.17, 15) is 9.59 Å². The molecule has 6 heteroatoms. The van der Waals surface area contributed by atoms with Crippen molar-refractivity contribution in [2.75, 3.05) is 0 Å². The number of benzene rings is 2. The second kappa shape index (κ2) is 14.5. The summed E-state index contributed by atoms with van der Waals surface area (Å²) >= 11 is 0. The highest BCUT2D eigenvalue weighted by Crippen LogP contribution is 2.21. The minimum Gasteiger partial charge on any atom is -0.289 e. The maximum absolute atomic E-state index is 12.5. The van der Waals surface area contributed by atoms with Gasteiger partial charge in [0.05, 0.1) is 11.1 Å². The Morgan fingerprint density at radius 3 is 1.56 bits per heavy atom. The molecule has 0 amide bonds. The molecule has 0 unspecified atom stereocenters. The van der Waals surface area contributed by atoms with Crippen molar-refractivity contribution < 1.29 is 29.1 Å². The maximum Gasteiger partial charge on any atom is 0.373 e. The van der Waals surface area contributed by atoms with Crippen LogP contribution in [0.5, 0.6) is 0 Å². The van der Waals surface area contributed by atoms with Gasteiger partial charge in [-0.25, -0.2) is 9.59 Å². The van der Waals surface area contributed by atoms with Crippen molar-refractivity contribution in [3.63, 3.8) is 0 Å². The Bertz CT molecular complexity index is 869. The molecular weight excluding hydrogens is 432 g/mol. The third-order valence-corrected chi connectivity index (χ3v) is 5.95. The number of carbonyl (C=O) groups is 2. The topological polar surface area (TPSA) is 71.1 Å². The van der Waals surface area contributed by atoms with E-state index in [-0.39, 0.29) is 6.29 Å². The zero-order valence-electron chi connectivity index (χ0n) is 20.8. The molecule has 0 aliphatic rings. The van der Waals surface area contributed by atoms with Crippen LogP contribution in [0, 0.1) is 40.9 Å². The third-order valence-electron chi connectivity index (χ3n) is 5.95. The number of aryl methyl sites for hydroxylation is 2. The zero-order valence-corrected chi connectivity index (χ0v) is 20.8. The van der Waals surface area contributed by atoms with Gasteiger partial charge in [0, 0.05) is 6.42 Å². The fraction of sp³-hybridized carbons (Fsp3) is 0.429. The van der Waals surface area contributed by atoms with Gasteiger partial charge in [0.2, 0.25) is 0 Å². The second-order valence-corrected chi connectivity index (χ2v) is 8.50. The van der Waals surface area contributed by atoms with Crippen molar-refractivity contribution >= 4 is 11.9 Å². The summed E-state index contributed by atoms with van der Waals surface area (Å²) in [5.41, 5.74) is 4.35. The standard InChI is InChI=1S/C28H36O6/c1-6-7-8-9-10-11-12-19-26(31-33-27(29)24-17-13-15-20(2)22(24)4)32-34-28(30)25-18-14-16-21(3)23(25)5/h13-18H,1,6-12,19H2,2-5H3. The van der Waals surface area contributed by atoms with Gasteiger partial charge in [0.1, 0.15) is 0 Å². The first-order chi connectivity index (χ1) is 16.3. The lowest BCUT2D eigenvalue weighted by Crippen LogP contribution is -2.17. The Morgan fingerprint density at radius 2 is 1.09 bits per heavy atom. The van der Waals surface area contributed by atoms with Crippen molar-refractivity contribution in [1.29, 1.82) is 0 Å². The van der Waals surface area contributed by atoms with Gasteiger partial charge in [-0.2, -0.15) is 0 Å². The lowest BCUT2D eigenvalue weighted by molar-refractivity contribution is -0.364. The Kier molecular flexibility index (Phi) is 11.8. The highest BCUT2D eigenvalue weighted by molar-refractivity contribution is 5.91. The summed E-state index contributed by atoms with van der Waals surface area (Å²) in [6.07, 6.45) is 7.39. The molecular formula is C28H36O6. The van der Waals surface area contributed by atoms with Gasteiger partial charge in [-0.05, 0) is 68.5 Å². The first-order valence-corrected chi connectivity index (χ1v) is 11.9. The molecule has 0 aliphatic heterocycles. The van der Waals surface area contributed by atoms with Gasteiger partial charge in [0.15, 0.2) is 0 Å². The molecule has 0 bridgehead atoms. The van der Waals surface area contributed by atoms with Gasteiger partial charge in [-0.1, -0.05) is 69.7 Å². The number of carbonyl (C=O) groups excluding carboxylic acids is 2. The van der Waals surface area contributed by atoms with Crippen LogP contribution in [0.15, 0.2) is 36.4 Å². The molecule has 184 valence electrons. The second-order valence-electron chi connectivity index (χ2n) is 8.50. The smallest absolute Gasteiger partial charge is 0.289 e. The van der Waals surface area contributed by atoms with E-state index in [4.69, 9.17) is 19.6 Å². The van der Waals surface area contributed by atoms with Crippen LogP contribution in [0.3, 0.4) is 0 Å². The molecule has 2 aromatic carbocycles. The minimum atomic E-state index is -0.642. The van der Waals surface area contributed by atoms with E-state index < -0.39 is 11.9 Å². The monoisotopic (exact) mass is 468 g/mol. The quantitative estimate of drug-likeness (QED) is 0.165. The number of unbranched alkanes of at least 4 members (excludes halogenated alkanes) is 6. The molecule has 0 fully saturated rings. The normalized spacial score (nSPS) is 11.0. The summed E-state index contributed by atoms with van der Waals surface area (Å²) in [6.45, 7) is 11.4. The summed E-state index contributed by atoms with van der Waals surface area (Å²) in [5, 5.41) is 0. The lowest BCUT2D eigenvalue weighted by Gasteiger charge is -2.15. The molecule has 0 atom stereocenters. The van der Waals surface area contributed by atoms with E-state index in [1.165, 1.54) is 0 Å². The Balaban J connectivity index is 1.94. The van der Waals surface area contributed by atoms with Crippen molar-refractivity contribution in [3.05, 3.63) is 83.0 Å². The number of hydrogen-bond donors (Lipinski definition) is 0. The van der Waals surface area contributed by atoms with Crippen LogP contribution < -0.4 is 0 Å². The van der Waals surface area contributed by atoms with Gasteiger partial charge >= 0.3 is 18.2 Å². The molecule has 0 aromatic heterocycles. The molecule has 0 aliphatic carbocycles. The van der Waals surface area contributed by atoms with E-state index >= 15 is 0 Å². The lowest BCUT2D eigenvalue weighted by atomic mass is 10.0. The van der Waals surface area contributed by atoms with E-state index in [0.717, 1.165) is 67.2 Å². The Hall–Kier alpha value is -2.70. The van der Waals surface area contributed by atoms with Crippen LogP contribution in [0.2, 0.25) is 0 Å². The van der Waals surface area contributed by atoms with Crippen molar-refractivity contribution in [2.45, 2.75) is 79.1 Å². The van der Waals surface area contributed by atoms with Crippen LogP contribution in [0.25, 0.3) is 0 Å². The molecule has 0 saturated heterocycles. The SMILES string of the molecule is [CH2]CCCCCCCC[C](OOC(=O)c1cccc(C)c1C)OOC(=O)c1cccc(C)c1C. The predicted octanol–water partition coefficient (Wildman–Crippen LogP) is 7.24. The third kappa shape index (κ3) is 8.58. The Labute approximate surface area is 203 Å². The molecule has 2 aromatic rings. The zero-order chi connectivity index (χ0) is 24.9. The summed E-state index contributed by atoms with van der Waals surface area (Å²) in [7, 11) is 0. The first kappa shape index (κ1) is 27.5. The van der Waals surface area contributed by atoms with Crippen LogP contribution in [0.4, 0.5) is 0 Å². The van der Waals surface area contributed by atoms with Crippen LogP contribution in [-0.2, 0) is 19.6 Å². The summed E-state index contributed by atoms with van der Waals surface area (Å²) in [6, 6.07) is 10.7.